The predicted molar refractivity (Wildman–Crippen MR) is 108 cm³/mol. The molecule has 0 aliphatic rings. The van der Waals surface area contributed by atoms with Crippen LogP contribution in [-0.4, -0.2) is 25.7 Å². The second kappa shape index (κ2) is 8.36. The van der Waals surface area contributed by atoms with Crippen LogP contribution in [0.1, 0.15) is 16.1 Å². The number of hydrogen-bond acceptors (Lipinski definition) is 4. The molecule has 0 saturated carbocycles. The molecule has 0 aliphatic heterocycles. The molecule has 0 saturated heterocycles. The maximum absolute atomic E-state index is 12.7. The predicted octanol–water partition coefficient (Wildman–Crippen LogP) is 4.66. The molecular weight excluding hydrogens is 423 g/mol. The number of halogens is 2. The molecular formula is C19H16Cl2N2O4S. The van der Waals surface area contributed by atoms with Crippen molar-refractivity contribution < 1.29 is 17.6 Å². The van der Waals surface area contributed by atoms with E-state index in [0.29, 0.717) is 27.1 Å². The maximum atomic E-state index is 12.7. The lowest BCUT2D eigenvalue weighted by atomic mass is 10.2. The summed E-state index contributed by atoms with van der Waals surface area (Å²) in [5.41, 5.74) is 0.737. The summed E-state index contributed by atoms with van der Waals surface area (Å²) in [6, 6.07) is 13.7. The highest BCUT2D eigenvalue weighted by atomic mass is 35.5. The normalized spacial score (nSPS) is 11.6. The van der Waals surface area contributed by atoms with Crippen LogP contribution < -0.4 is 5.32 Å². The van der Waals surface area contributed by atoms with Gasteiger partial charge in [0.1, 0.15) is 5.76 Å². The minimum Gasteiger partial charge on any atom is -0.468 e. The first-order valence-electron chi connectivity index (χ1n) is 8.12. The molecule has 1 N–H and O–H groups in total. The average molecular weight is 439 g/mol. The van der Waals surface area contributed by atoms with Crippen LogP contribution >= 0.6 is 23.2 Å². The first kappa shape index (κ1) is 20.4. The van der Waals surface area contributed by atoms with E-state index >= 15 is 0 Å². The van der Waals surface area contributed by atoms with Crippen molar-refractivity contribution in [1.29, 1.82) is 0 Å². The number of carbonyl (C=O) groups is 1. The molecule has 0 aliphatic carbocycles. The minimum atomic E-state index is -3.72. The van der Waals surface area contributed by atoms with E-state index in [9.17, 15) is 13.2 Å². The number of nitrogens with one attached hydrogen (secondary N) is 1. The van der Waals surface area contributed by atoms with E-state index in [-0.39, 0.29) is 11.4 Å². The molecule has 3 rings (SSSR count). The Morgan fingerprint density at radius 2 is 1.71 bits per heavy atom. The molecule has 28 heavy (non-hydrogen) atoms. The summed E-state index contributed by atoms with van der Waals surface area (Å²) >= 11 is 11.8. The highest BCUT2D eigenvalue weighted by Crippen LogP contribution is 2.23. The summed E-state index contributed by atoms with van der Waals surface area (Å²) in [6.07, 6.45) is 1.48. The molecule has 1 aromatic heterocycles. The zero-order valence-electron chi connectivity index (χ0n) is 14.7. The molecule has 0 unspecified atom stereocenters. The Hall–Kier alpha value is -2.32. The van der Waals surface area contributed by atoms with Crippen molar-refractivity contribution in [2.24, 2.45) is 0 Å². The Morgan fingerprint density at radius 1 is 1.07 bits per heavy atom. The second-order valence-electron chi connectivity index (χ2n) is 5.98. The monoisotopic (exact) mass is 438 g/mol. The Morgan fingerprint density at radius 3 is 2.29 bits per heavy atom. The van der Waals surface area contributed by atoms with Gasteiger partial charge >= 0.3 is 0 Å². The number of rotatable bonds is 6. The zero-order valence-corrected chi connectivity index (χ0v) is 17.1. The summed E-state index contributed by atoms with van der Waals surface area (Å²) in [5, 5.41) is 3.46. The number of benzene rings is 2. The van der Waals surface area contributed by atoms with Crippen molar-refractivity contribution in [2.75, 3.05) is 12.4 Å². The third kappa shape index (κ3) is 4.74. The third-order valence-electron chi connectivity index (χ3n) is 3.90. The lowest BCUT2D eigenvalue weighted by molar-refractivity contribution is 0.102. The van der Waals surface area contributed by atoms with Crippen LogP contribution in [0.15, 0.2) is 70.2 Å². The Kier molecular flexibility index (Phi) is 6.10. The smallest absolute Gasteiger partial charge is 0.255 e. The number of anilines is 1. The standard InChI is InChI=1S/C19H16Cl2N2O4S/c1-23(12-17-3-2-8-27-17)28(25,26)18-6-4-13(5-7-18)19(24)22-16-10-14(20)9-15(21)11-16/h2-11H,12H2,1H3,(H,22,24). The average Bonchev–Trinajstić information content (AvgIpc) is 3.14. The van der Waals surface area contributed by atoms with Gasteiger partial charge in [0.2, 0.25) is 10.0 Å². The number of amides is 1. The van der Waals surface area contributed by atoms with Crippen molar-refractivity contribution in [3.05, 3.63) is 82.2 Å². The van der Waals surface area contributed by atoms with Crippen LogP contribution in [0.5, 0.6) is 0 Å². The number of sulfonamides is 1. The molecule has 1 amide bonds. The molecule has 9 heteroatoms. The Bertz CT molecular complexity index is 1060. The summed E-state index contributed by atoms with van der Waals surface area (Å²) in [7, 11) is -2.26. The molecule has 146 valence electrons. The van der Waals surface area contributed by atoms with E-state index in [1.807, 2.05) is 0 Å². The van der Waals surface area contributed by atoms with Gasteiger partial charge in [-0.15, -0.1) is 0 Å². The van der Waals surface area contributed by atoms with Gasteiger partial charge < -0.3 is 9.73 Å². The number of furan rings is 1. The molecule has 0 atom stereocenters. The van der Waals surface area contributed by atoms with E-state index in [1.54, 1.807) is 30.3 Å². The van der Waals surface area contributed by atoms with Gasteiger partial charge in [0, 0.05) is 28.3 Å². The molecule has 1 heterocycles. The second-order valence-corrected chi connectivity index (χ2v) is 8.89. The van der Waals surface area contributed by atoms with E-state index in [1.165, 1.54) is 41.9 Å². The quantitative estimate of drug-likeness (QED) is 0.606. The first-order valence-corrected chi connectivity index (χ1v) is 10.3. The Labute approximate surface area is 172 Å². The van der Waals surface area contributed by atoms with Crippen molar-refractivity contribution in [3.8, 4) is 0 Å². The number of nitrogens with zero attached hydrogens (tertiary/aromatic N) is 1. The Balaban J connectivity index is 1.74. The van der Waals surface area contributed by atoms with Crippen molar-refractivity contribution >= 4 is 44.8 Å². The van der Waals surface area contributed by atoms with Crippen LogP contribution in [-0.2, 0) is 16.6 Å². The van der Waals surface area contributed by atoms with Gasteiger partial charge in [0.05, 0.1) is 17.7 Å². The molecule has 0 spiro atoms. The topological polar surface area (TPSA) is 79.6 Å². The van der Waals surface area contributed by atoms with Gasteiger partial charge in [-0.25, -0.2) is 8.42 Å². The van der Waals surface area contributed by atoms with Gasteiger partial charge in [-0.3, -0.25) is 4.79 Å². The van der Waals surface area contributed by atoms with Crippen LogP contribution in [0, 0.1) is 0 Å². The van der Waals surface area contributed by atoms with Gasteiger partial charge in [-0.1, -0.05) is 23.2 Å². The third-order valence-corrected chi connectivity index (χ3v) is 6.16. The summed E-state index contributed by atoms with van der Waals surface area (Å²) in [5.74, 6) is 0.119. The van der Waals surface area contributed by atoms with Crippen molar-refractivity contribution in [2.45, 2.75) is 11.4 Å². The van der Waals surface area contributed by atoms with Crippen LogP contribution in [0.2, 0.25) is 10.0 Å². The lowest BCUT2D eigenvalue weighted by Gasteiger charge is -2.16. The van der Waals surface area contributed by atoms with Crippen LogP contribution in [0.3, 0.4) is 0 Å². The van der Waals surface area contributed by atoms with Gasteiger partial charge in [-0.05, 0) is 54.6 Å². The van der Waals surface area contributed by atoms with E-state index in [0.717, 1.165) is 0 Å². The zero-order chi connectivity index (χ0) is 20.3. The summed E-state index contributed by atoms with van der Waals surface area (Å²) < 4.78 is 31.7. The summed E-state index contributed by atoms with van der Waals surface area (Å²) in [6.45, 7) is 0.104. The summed E-state index contributed by atoms with van der Waals surface area (Å²) in [4.78, 5) is 12.4. The molecule has 0 bridgehead atoms. The molecule has 0 fully saturated rings. The van der Waals surface area contributed by atoms with E-state index in [2.05, 4.69) is 5.32 Å². The fourth-order valence-electron chi connectivity index (χ4n) is 2.49. The van der Waals surface area contributed by atoms with E-state index in [4.69, 9.17) is 27.6 Å². The van der Waals surface area contributed by atoms with Gasteiger partial charge in [0.15, 0.2) is 0 Å². The number of carbonyl (C=O) groups excluding carboxylic acids is 1. The lowest BCUT2D eigenvalue weighted by Crippen LogP contribution is -2.26. The van der Waals surface area contributed by atoms with Crippen LogP contribution in [0.25, 0.3) is 0 Å². The first-order chi connectivity index (χ1) is 13.3. The highest BCUT2D eigenvalue weighted by Gasteiger charge is 2.22. The molecule has 0 radical (unpaired) electrons. The molecule has 3 aromatic rings. The molecule has 6 nitrogen and oxygen atoms in total. The van der Waals surface area contributed by atoms with Gasteiger partial charge in [0.25, 0.3) is 5.91 Å². The van der Waals surface area contributed by atoms with Crippen LogP contribution in [0.4, 0.5) is 5.69 Å². The van der Waals surface area contributed by atoms with Crippen molar-refractivity contribution in [3.63, 3.8) is 0 Å². The fourth-order valence-corrected chi connectivity index (χ4v) is 4.16. The minimum absolute atomic E-state index is 0.0731. The molecule has 2 aromatic carbocycles. The largest absolute Gasteiger partial charge is 0.468 e. The number of hydrogen-bond donors (Lipinski definition) is 1. The van der Waals surface area contributed by atoms with E-state index < -0.39 is 15.9 Å². The SMILES string of the molecule is CN(Cc1ccco1)S(=O)(=O)c1ccc(C(=O)Nc2cc(Cl)cc(Cl)c2)cc1. The maximum Gasteiger partial charge on any atom is 0.255 e. The van der Waals surface area contributed by atoms with Gasteiger partial charge in [-0.2, -0.15) is 4.31 Å². The highest BCUT2D eigenvalue weighted by molar-refractivity contribution is 7.89. The fraction of sp³-hybridized carbons (Fsp3) is 0.105. The van der Waals surface area contributed by atoms with Crippen molar-refractivity contribution in [1.82, 2.24) is 4.31 Å².